The van der Waals surface area contributed by atoms with Crippen LogP contribution in [0.3, 0.4) is 0 Å². The Morgan fingerprint density at radius 3 is 2.47 bits per heavy atom. The summed E-state index contributed by atoms with van der Waals surface area (Å²) in [6.07, 6.45) is 0.0839. The van der Waals surface area contributed by atoms with Crippen LogP contribution in [0.4, 0.5) is 4.39 Å². The largest absolute Gasteiger partial charge is 0.392 e. The molecule has 84 valence electrons. The first-order valence-corrected chi connectivity index (χ1v) is 5.05. The molecule has 0 radical (unpaired) electrons. The molecular formula is C12H17FO2. The van der Waals surface area contributed by atoms with Crippen molar-refractivity contribution in [2.75, 3.05) is 13.7 Å². The van der Waals surface area contributed by atoms with E-state index in [1.807, 2.05) is 6.92 Å². The third kappa shape index (κ3) is 3.98. The van der Waals surface area contributed by atoms with E-state index in [4.69, 9.17) is 4.74 Å². The molecule has 0 aliphatic heterocycles. The number of hydrogen-bond acceptors (Lipinski definition) is 2. The van der Waals surface area contributed by atoms with E-state index in [1.54, 1.807) is 19.2 Å². The van der Waals surface area contributed by atoms with E-state index >= 15 is 0 Å². The van der Waals surface area contributed by atoms with Crippen LogP contribution in [0.25, 0.3) is 0 Å². The lowest BCUT2D eigenvalue weighted by Gasteiger charge is -2.17. The van der Waals surface area contributed by atoms with Gasteiger partial charge in [0, 0.05) is 13.0 Å². The summed E-state index contributed by atoms with van der Waals surface area (Å²) in [6.45, 7) is 2.46. The van der Waals surface area contributed by atoms with Crippen molar-refractivity contribution in [2.24, 2.45) is 5.92 Å². The van der Waals surface area contributed by atoms with Crippen LogP contribution < -0.4 is 0 Å². The van der Waals surface area contributed by atoms with Crippen molar-refractivity contribution in [2.45, 2.75) is 19.4 Å². The summed E-state index contributed by atoms with van der Waals surface area (Å²) >= 11 is 0. The highest BCUT2D eigenvalue weighted by Crippen LogP contribution is 2.11. The average Bonchev–Trinajstić information content (AvgIpc) is 2.22. The van der Waals surface area contributed by atoms with Crippen LogP contribution in [0.5, 0.6) is 0 Å². The summed E-state index contributed by atoms with van der Waals surface area (Å²) in [5.41, 5.74) is 0.937. The number of aliphatic hydroxyl groups excluding tert-OH is 1. The van der Waals surface area contributed by atoms with Gasteiger partial charge >= 0.3 is 0 Å². The summed E-state index contributed by atoms with van der Waals surface area (Å²) in [4.78, 5) is 0. The van der Waals surface area contributed by atoms with Crippen LogP contribution in [-0.2, 0) is 11.2 Å². The second kappa shape index (κ2) is 5.83. The van der Waals surface area contributed by atoms with Crippen molar-refractivity contribution < 1.29 is 14.2 Å². The van der Waals surface area contributed by atoms with E-state index < -0.39 is 6.10 Å². The second-order valence-corrected chi connectivity index (χ2v) is 3.83. The van der Waals surface area contributed by atoms with Crippen LogP contribution in [0, 0.1) is 11.7 Å². The highest BCUT2D eigenvalue weighted by atomic mass is 19.1. The Morgan fingerprint density at radius 2 is 1.93 bits per heavy atom. The number of rotatable bonds is 5. The molecule has 0 fully saturated rings. The first kappa shape index (κ1) is 12.1. The predicted molar refractivity (Wildman–Crippen MR) is 57.2 cm³/mol. The van der Waals surface area contributed by atoms with E-state index in [9.17, 15) is 9.50 Å². The molecule has 0 saturated heterocycles. The van der Waals surface area contributed by atoms with Gasteiger partial charge in [-0.15, -0.1) is 0 Å². The Balaban J connectivity index is 2.50. The molecule has 0 aliphatic carbocycles. The lowest BCUT2D eigenvalue weighted by atomic mass is 9.98. The number of halogens is 1. The lowest BCUT2D eigenvalue weighted by molar-refractivity contribution is 0.0575. The summed E-state index contributed by atoms with van der Waals surface area (Å²) in [5, 5.41) is 9.80. The van der Waals surface area contributed by atoms with Crippen molar-refractivity contribution in [3.8, 4) is 0 Å². The molecule has 1 aromatic carbocycles. The van der Waals surface area contributed by atoms with E-state index in [0.717, 1.165) is 5.56 Å². The zero-order valence-corrected chi connectivity index (χ0v) is 9.11. The first-order chi connectivity index (χ1) is 7.13. The van der Waals surface area contributed by atoms with E-state index in [0.29, 0.717) is 13.0 Å². The van der Waals surface area contributed by atoms with Gasteiger partial charge in [-0.3, -0.25) is 0 Å². The van der Waals surface area contributed by atoms with Gasteiger partial charge in [0.05, 0.1) is 12.7 Å². The smallest absolute Gasteiger partial charge is 0.123 e. The molecule has 2 unspecified atom stereocenters. The number of benzene rings is 1. The van der Waals surface area contributed by atoms with E-state index in [-0.39, 0.29) is 11.7 Å². The molecule has 1 rings (SSSR count). The number of ether oxygens (including phenoxy) is 1. The van der Waals surface area contributed by atoms with Gasteiger partial charge in [0.1, 0.15) is 5.82 Å². The molecule has 0 spiro atoms. The Kier molecular flexibility index (Phi) is 4.72. The van der Waals surface area contributed by atoms with Crippen LogP contribution in [0.2, 0.25) is 0 Å². The maximum Gasteiger partial charge on any atom is 0.123 e. The second-order valence-electron chi connectivity index (χ2n) is 3.83. The number of aliphatic hydroxyl groups is 1. The normalized spacial score (nSPS) is 14.9. The molecule has 3 heteroatoms. The molecule has 2 atom stereocenters. The van der Waals surface area contributed by atoms with Gasteiger partial charge in [-0.25, -0.2) is 4.39 Å². The molecule has 15 heavy (non-hydrogen) atoms. The van der Waals surface area contributed by atoms with Crippen molar-refractivity contribution in [3.05, 3.63) is 35.6 Å². The summed E-state index contributed by atoms with van der Waals surface area (Å²) in [6, 6.07) is 6.20. The highest BCUT2D eigenvalue weighted by Gasteiger charge is 2.14. The Hall–Kier alpha value is -0.930. The van der Waals surface area contributed by atoms with Gasteiger partial charge < -0.3 is 9.84 Å². The minimum Gasteiger partial charge on any atom is -0.392 e. The van der Waals surface area contributed by atoms with Gasteiger partial charge in [0.2, 0.25) is 0 Å². The molecule has 0 aromatic heterocycles. The molecule has 0 amide bonds. The zero-order chi connectivity index (χ0) is 11.3. The molecule has 0 bridgehead atoms. The maximum atomic E-state index is 12.6. The average molecular weight is 212 g/mol. The molecule has 1 aromatic rings. The van der Waals surface area contributed by atoms with E-state index in [1.165, 1.54) is 12.1 Å². The third-order valence-corrected chi connectivity index (χ3v) is 2.44. The van der Waals surface area contributed by atoms with Gasteiger partial charge in [-0.05, 0) is 24.1 Å². The Morgan fingerprint density at radius 1 is 1.33 bits per heavy atom. The van der Waals surface area contributed by atoms with Crippen LogP contribution in [-0.4, -0.2) is 24.9 Å². The monoisotopic (exact) mass is 212 g/mol. The van der Waals surface area contributed by atoms with Crippen molar-refractivity contribution >= 4 is 0 Å². The number of methoxy groups -OCH3 is 1. The third-order valence-electron chi connectivity index (χ3n) is 2.44. The van der Waals surface area contributed by atoms with E-state index in [2.05, 4.69) is 0 Å². The van der Waals surface area contributed by atoms with Crippen molar-refractivity contribution in [1.82, 2.24) is 0 Å². The Bertz CT molecular complexity index is 284. The molecule has 0 aliphatic rings. The summed E-state index contributed by atoms with van der Waals surface area (Å²) in [5.74, 6) is -0.168. The molecule has 0 heterocycles. The quantitative estimate of drug-likeness (QED) is 0.809. The molecular weight excluding hydrogens is 195 g/mol. The van der Waals surface area contributed by atoms with Gasteiger partial charge in [-0.2, -0.15) is 0 Å². The highest BCUT2D eigenvalue weighted by molar-refractivity contribution is 5.16. The maximum absolute atomic E-state index is 12.6. The fourth-order valence-electron chi connectivity index (χ4n) is 1.44. The predicted octanol–water partition coefficient (Wildman–Crippen LogP) is 2.01. The fourth-order valence-corrected chi connectivity index (χ4v) is 1.44. The molecule has 1 N–H and O–H groups in total. The minimum atomic E-state index is -0.449. The molecule has 0 saturated carbocycles. The SMILES string of the molecule is COCC(C)C(O)Cc1ccc(F)cc1. The minimum absolute atomic E-state index is 0.0834. The van der Waals surface area contributed by atoms with Crippen molar-refractivity contribution in [1.29, 1.82) is 0 Å². The summed E-state index contributed by atoms with van der Waals surface area (Å²) in [7, 11) is 1.61. The van der Waals surface area contributed by atoms with Crippen LogP contribution in [0.1, 0.15) is 12.5 Å². The van der Waals surface area contributed by atoms with Gasteiger partial charge in [0.15, 0.2) is 0 Å². The summed E-state index contributed by atoms with van der Waals surface area (Å²) < 4.78 is 17.6. The standard InChI is InChI=1S/C12H17FO2/c1-9(8-15-2)12(14)7-10-3-5-11(13)6-4-10/h3-6,9,12,14H,7-8H2,1-2H3. The van der Waals surface area contributed by atoms with Crippen molar-refractivity contribution in [3.63, 3.8) is 0 Å². The first-order valence-electron chi connectivity index (χ1n) is 5.05. The lowest BCUT2D eigenvalue weighted by Crippen LogP contribution is -2.24. The van der Waals surface area contributed by atoms with Gasteiger partial charge in [0.25, 0.3) is 0 Å². The molecule has 2 nitrogen and oxygen atoms in total. The van der Waals surface area contributed by atoms with Gasteiger partial charge in [-0.1, -0.05) is 19.1 Å². The Labute approximate surface area is 89.7 Å². The van der Waals surface area contributed by atoms with Crippen LogP contribution >= 0.6 is 0 Å². The zero-order valence-electron chi connectivity index (χ0n) is 9.11. The van der Waals surface area contributed by atoms with Crippen LogP contribution in [0.15, 0.2) is 24.3 Å². The fraction of sp³-hybridized carbons (Fsp3) is 0.500. The topological polar surface area (TPSA) is 29.5 Å². The number of hydrogen-bond donors (Lipinski definition) is 1.